The van der Waals surface area contributed by atoms with E-state index in [0.717, 1.165) is 57.4 Å². The fourth-order valence-electron chi connectivity index (χ4n) is 3.79. The van der Waals surface area contributed by atoms with Gasteiger partial charge in [-0.05, 0) is 68.7 Å². The van der Waals surface area contributed by atoms with Gasteiger partial charge in [0.1, 0.15) is 5.75 Å². The van der Waals surface area contributed by atoms with E-state index in [4.69, 9.17) is 5.73 Å². The molecule has 0 bridgehead atoms. The molecule has 0 unspecified atom stereocenters. The minimum atomic E-state index is -0.589. The van der Waals surface area contributed by atoms with Crippen molar-refractivity contribution in [1.29, 1.82) is 0 Å². The number of benzene rings is 1. The molecule has 3 rings (SSSR count). The maximum atomic E-state index is 12.1. The van der Waals surface area contributed by atoms with Crippen LogP contribution in [0.5, 0.6) is 5.75 Å². The van der Waals surface area contributed by atoms with Gasteiger partial charge in [0.2, 0.25) is 5.91 Å². The topological polar surface area (TPSA) is 78.6 Å². The molecule has 5 heteroatoms. The Hall–Kier alpha value is -1.59. The first-order chi connectivity index (χ1) is 11.5. The third-order valence-electron chi connectivity index (χ3n) is 5.46. The Kier molecular flexibility index (Phi) is 5.41. The van der Waals surface area contributed by atoms with Crippen molar-refractivity contribution < 1.29 is 9.90 Å². The van der Waals surface area contributed by atoms with Crippen molar-refractivity contribution in [3.8, 4) is 5.75 Å². The molecule has 0 spiro atoms. The number of phenols is 1. The average Bonchev–Trinajstić information content (AvgIpc) is 2.53. The Morgan fingerprint density at radius 3 is 2.92 bits per heavy atom. The van der Waals surface area contributed by atoms with Crippen LogP contribution in [-0.4, -0.2) is 41.1 Å². The molecule has 0 aromatic heterocycles. The Bertz CT molecular complexity index is 571. The van der Waals surface area contributed by atoms with E-state index < -0.39 is 5.54 Å². The lowest BCUT2D eigenvalue weighted by atomic mass is 9.77. The lowest BCUT2D eigenvalue weighted by Crippen LogP contribution is -2.58. The highest BCUT2D eigenvalue weighted by atomic mass is 16.3. The maximum Gasteiger partial charge on any atom is 0.240 e. The zero-order valence-corrected chi connectivity index (χ0v) is 14.3. The van der Waals surface area contributed by atoms with Gasteiger partial charge in [-0.1, -0.05) is 12.1 Å². The smallest absolute Gasteiger partial charge is 0.240 e. The Labute approximate surface area is 144 Å². The first-order valence-corrected chi connectivity index (χ1v) is 9.13. The highest BCUT2D eigenvalue weighted by molar-refractivity contribution is 5.86. The molecule has 5 nitrogen and oxygen atoms in total. The number of nitrogens with two attached hydrogens (primary N) is 1. The molecule has 1 saturated carbocycles. The summed E-state index contributed by atoms with van der Waals surface area (Å²) in [6.07, 6.45) is 6.13. The number of amides is 1. The molecule has 4 N–H and O–H groups in total. The Balaban J connectivity index is 1.41. The number of piperidine rings is 1. The van der Waals surface area contributed by atoms with Crippen LogP contribution in [0.3, 0.4) is 0 Å². The number of carbonyl (C=O) groups is 1. The summed E-state index contributed by atoms with van der Waals surface area (Å²) in [6, 6.07) is 7.49. The second kappa shape index (κ2) is 7.53. The van der Waals surface area contributed by atoms with Gasteiger partial charge in [0.05, 0.1) is 5.54 Å². The van der Waals surface area contributed by atoms with Gasteiger partial charge in [-0.25, -0.2) is 0 Å². The number of likely N-dealkylation sites (tertiary alicyclic amines) is 1. The lowest BCUT2D eigenvalue weighted by molar-refractivity contribution is -0.129. The van der Waals surface area contributed by atoms with Gasteiger partial charge in [-0.3, -0.25) is 9.69 Å². The molecule has 1 aliphatic carbocycles. The summed E-state index contributed by atoms with van der Waals surface area (Å²) in [5, 5.41) is 12.6. The number of hydrogen-bond donors (Lipinski definition) is 3. The van der Waals surface area contributed by atoms with Crippen molar-refractivity contribution in [2.75, 3.05) is 19.6 Å². The van der Waals surface area contributed by atoms with E-state index in [0.29, 0.717) is 11.7 Å². The van der Waals surface area contributed by atoms with Crippen molar-refractivity contribution in [3.63, 3.8) is 0 Å². The normalized spacial score (nSPS) is 23.5. The largest absolute Gasteiger partial charge is 0.508 e. The summed E-state index contributed by atoms with van der Waals surface area (Å²) >= 11 is 0. The third kappa shape index (κ3) is 4.28. The van der Waals surface area contributed by atoms with Crippen molar-refractivity contribution in [3.05, 3.63) is 29.8 Å². The summed E-state index contributed by atoms with van der Waals surface area (Å²) in [6.45, 7) is 3.76. The fraction of sp³-hybridized carbons (Fsp3) is 0.632. The highest BCUT2D eigenvalue weighted by Crippen LogP contribution is 2.29. The molecule has 24 heavy (non-hydrogen) atoms. The van der Waals surface area contributed by atoms with E-state index in [1.54, 1.807) is 6.07 Å². The summed E-state index contributed by atoms with van der Waals surface area (Å²) in [4.78, 5) is 14.5. The standard InChI is InChI=1S/C19H29N3O2/c20-19(8-3-9-19)18(24)21-10-7-15-5-2-11-22(13-15)14-16-4-1-6-17(23)12-16/h1,4,6,12,15,23H,2-3,5,7-11,13-14,20H2,(H,21,24)/t15-/m0/s1. The number of aromatic hydroxyl groups is 1. The van der Waals surface area contributed by atoms with Crippen molar-refractivity contribution >= 4 is 5.91 Å². The summed E-state index contributed by atoms with van der Waals surface area (Å²) in [7, 11) is 0. The van der Waals surface area contributed by atoms with Gasteiger partial charge in [0.25, 0.3) is 0 Å². The number of nitrogens with one attached hydrogen (secondary N) is 1. The molecule has 1 aromatic carbocycles. The first-order valence-electron chi connectivity index (χ1n) is 9.13. The average molecular weight is 331 g/mol. The van der Waals surface area contributed by atoms with E-state index in [1.165, 1.54) is 12.8 Å². The third-order valence-corrected chi connectivity index (χ3v) is 5.46. The van der Waals surface area contributed by atoms with E-state index in [1.807, 2.05) is 12.1 Å². The van der Waals surface area contributed by atoms with E-state index in [2.05, 4.69) is 16.3 Å². The molecule has 1 aromatic rings. The van der Waals surface area contributed by atoms with Gasteiger partial charge in [0, 0.05) is 19.6 Å². The number of rotatable bonds is 6. The van der Waals surface area contributed by atoms with E-state index >= 15 is 0 Å². The van der Waals surface area contributed by atoms with Crippen LogP contribution in [0.1, 0.15) is 44.1 Å². The number of phenolic OH excluding ortho intramolecular Hbond substituents is 1. The molecule has 1 amide bonds. The minimum absolute atomic E-state index is 0.0289. The molecule has 1 saturated heterocycles. The van der Waals surface area contributed by atoms with Crippen LogP contribution in [0.25, 0.3) is 0 Å². The first kappa shape index (κ1) is 17.2. The SMILES string of the molecule is NC1(C(=O)NCC[C@@H]2CCCN(Cc3cccc(O)c3)C2)CCC1. The van der Waals surface area contributed by atoms with Crippen LogP contribution in [0.15, 0.2) is 24.3 Å². The maximum absolute atomic E-state index is 12.1. The van der Waals surface area contributed by atoms with Crippen LogP contribution in [0, 0.1) is 5.92 Å². The van der Waals surface area contributed by atoms with Crippen LogP contribution in [0.4, 0.5) is 0 Å². The molecule has 132 valence electrons. The molecule has 1 heterocycles. The Morgan fingerprint density at radius 2 is 2.21 bits per heavy atom. The zero-order chi connectivity index (χ0) is 17.0. The molecule has 0 radical (unpaired) electrons. The highest BCUT2D eigenvalue weighted by Gasteiger charge is 2.39. The van der Waals surface area contributed by atoms with Crippen LogP contribution in [-0.2, 0) is 11.3 Å². The van der Waals surface area contributed by atoms with Gasteiger partial charge in [-0.15, -0.1) is 0 Å². The van der Waals surface area contributed by atoms with E-state index in [-0.39, 0.29) is 5.91 Å². The Morgan fingerprint density at radius 1 is 1.38 bits per heavy atom. The van der Waals surface area contributed by atoms with Crippen LogP contribution >= 0.6 is 0 Å². The predicted octanol–water partition coefficient (Wildman–Crippen LogP) is 1.99. The molecule has 1 aliphatic heterocycles. The lowest BCUT2D eigenvalue weighted by Gasteiger charge is -2.36. The molecular weight excluding hydrogens is 302 g/mol. The molecule has 1 atom stereocenters. The van der Waals surface area contributed by atoms with Gasteiger partial charge >= 0.3 is 0 Å². The molecular formula is C19H29N3O2. The minimum Gasteiger partial charge on any atom is -0.508 e. The van der Waals surface area contributed by atoms with Gasteiger partial charge < -0.3 is 16.2 Å². The predicted molar refractivity (Wildman–Crippen MR) is 94.5 cm³/mol. The number of nitrogens with zero attached hydrogens (tertiary/aromatic N) is 1. The molecule has 2 aliphatic rings. The van der Waals surface area contributed by atoms with Crippen molar-refractivity contribution in [2.45, 2.75) is 50.6 Å². The monoisotopic (exact) mass is 331 g/mol. The second-order valence-corrected chi connectivity index (χ2v) is 7.47. The van der Waals surface area contributed by atoms with Crippen LogP contribution < -0.4 is 11.1 Å². The van der Waals surface area contributed by atoms with Crippen molar-refractivity contribution in [1.82, 2.24) is 10.2 Å². The summed E-state index contributed by atoms with van der Waals surface area (Å²) in [5.41, 5.74) is 6.61. The van der Waals surface area contributed by atoms with E-state index in [9.17, 15) is 9.90 Å². The summed E-state index contributed by atoms with van der Waals surface area (Å²) < 4.78 is 0. The van der Waals surface area contributed by atoms with Crippen molar-refractivity contribution in [2.24, 2.45) is 11.7 Å². The summed E-state index contributed by atoms with van der Waals surface area (Å²) in [5.74, 6) is 0.975. The molecule has 2 fully saturated rings. The zero-order valence-electron chi connectivity index (χ0n) is 14.3. The quantitative estimate of drug-likeness (QED) is 0.745. The number of carbonyl (C=O) groups excluding carboxylic acids is 1. The second-order valence-electron chi connectivity index (χ2n) is 7.47. The number of hydrogen-bond acceptors (Lipinski definition) is 4. The van der Waals surface area contributed by atoms with Crippen LogP contribution in [0.2, 0.25) is 0 Å². The van der Waals surface area contributed by atoms with Gasteiger partial charge in [-0.2, -0.15) is 0 Å². The fourth-order valence-corrected chi connectivity index (χ4v) is 3.79. The van der Waals surface area contributed by atoms with Gasteiger partial charge in [0.15, 0.2) is 0 Å².